The van der Waals surface area contributed by atoms with Crippen LogP contribution in [0, 0.1) is 5.92 Å². The Hall–Kier alpha value is -3.56. The molecule has 2 fully saturated rings. The summed E-state index contributed by atoms with van der Waals surface area (Å²) >= 11 is 0. The molecule has 1 saturated carbocycles. The third-order valence-corrected chi connectivity index (χ3v) is 7.31. The van der Waals surface area contributed by atoms with Crippen molar-refractivity contribution in [1.82, 2.24) is 10.2 Å². The molecule has 1 saturated heterocycles. The van der Waals surface area contributed by atoms with Crippen LogP contribution in [0.5, 0.6) is 0 Å². The molecule has 1 heterocycles. The summed E-state index contributed by atoms with van der Waals surface area (Å²) in [5.41, 5.74) is 2.08. The van der Waals surface area contributed by atoms with Gasteiger partial charge in [-0.05, 0) is 47.4 Å². The first kappa shape index (κ1) is 23.2. The number of piperidine rings is 1. The maximum atomic E-state index is 13.8. The fraction of sp³-hybridized carbons (Fsp3) is 0.400. The number of alkyl carbamates (subject to hydrolysis) is 1. The maximum absolute atomic E-state index is 13.8. The molecule has 3 atom stereocenters. The van der Waals surface area contributed by atoms with Crippen molar-refractivity contribution in [3.63, 3.8) is 0 Å². The lowest BCUT2D eigenvalue weighted by molar-refractivity contribution is -0.180. The van der Waals surface area contributed by atoms with Crippen LogP contribution in [0.3, 0.4) is 0 Å². The minimum Gasteiger partial charge on any atom is -0.479 e. The van der Waals surface area contributed by atoms with Crippen molar-refractivity contribution >= 4 is 18.0 Å². The summed E-state index contributed by atoms with van der Waals surface area (Å²) in [6.45, 7) is -0.329. The predicted molar refractivity (Wildman–Crippen MR) is 117 cm³/mol. The number of benzene rings is 2. The van der Waals surface area contributed by atoms with Crippen LogP contribution < -0.4 is 5.32 Å². The Labute approximate surface area is 198 Å². The van der Waals surface area contributed by atoms with E-state index in [1.165, 1.54) is 0 Å². The van der Waals surface area contributed by atoms with Crippen molar-refractivity contribution in [3.05, 3.63) is 59.7 Å². The summed E-state index contributed by atoms with van der Waals surface area (Å²) in [5.74, 6) is -3.54. The number of rotatable bonds is 5. The SMILES string of the molecule is O=C(NC(C(=O)N1CCC[C@@H]2C[C@@]21C(=O)O)C(F)(F)F)OCC1c2ccccc2-c2ccccc21. The van der Waals surface area contributed by atoms with Gasteiger partial charge in [0.1, 0.15) is 12.1 Å². The average molecular weight is 488 g/mol. The lowest BCUT2D eigenvalue weighted by Crippen LogP contribution is -2.61. The number of carboxylic acid groups (broad SMARTS) is 1. The van der Waals surface area contributed by atoms with Crippen molar-refractivity contribution in [3.8, 4) is 11.1 Å². The van der Waals surface area contributed by atoms with Gasteiger partial charge in [0.25, 0.3) is 5.91 Å². The number of aliphatic carboxylic acids is 1. The standard InChI is InChI=1S/C25H23F3N2O5/c26-25(27,28)20(21(31)30-11-5-6-14-12-24(14,30)22(32)33)29-23(34)35-13-19-17-9-3-1-7-15(17)16-8-2-4-10-18(16)19/h1-4,7-10,14,19-20H,5-6,11-13H2,(H,29,34)(H,32,33)/t14-,20?,24+/m1/s1. The number of carboxylic acids is 1. The molecule has 184 valence electrons. The van der Waals surface area contributed by atoms with E-state index in [-0.39, 0.29) is 31.4 Å². The molecule has 2 aliphatic carbocycles. The molecule has 2 aromatic carbocycles. The van der Waals surface area contributed by atoms with E-state index in [0.29, 0.717) is 12.8 Å². The van der Waals surface area contributed by atoms with Crippen LogP contribution in [-0.2, 0) is 14.3 Å². The number of hydrogen-bond acceptors (Lipinski definition) is 4. The van der Waals surface area contributed by atoms with Crippen LogP contribution in [0.1, 0.15) is 36.3 Å². The molecule has 2 aromatic rings. The van der Waals surface area contributed by atoms with Crippen molar-refractivity contribution in [2.45, 2.75) is 42.9 Å². The Bertz CT molecular complexity index is 1150. The molecule has 7 nitrogen and oxygen atoms in total. The zero-order chi connectivity index (χ0) is 25.0. The molecule has 2 N–H and O–H groups in total. The first-order chi connectivity index (χ1) is 16.6. The van der Waals surface area contributed by atoms with Crippen molar-refractivity contribution in [1.29, 1.82) is 0 Å². The molecule has 0 aromatic heterocycles. The lowest BCUT2D eigenvalue weighted by atomic mass is 9.98. The van der Waals surface area contributed by atoms with E-state index < -0.39 is 35.7 Å². The third-order valence-electron chi connectivity index (χ3n) is 7.31. The Kier molecular flexibility index (Phi) is 5.49. The molecule has 0 bridgehead atoms. The van der Waals surface area contributed by atoms with Crippen LogP contribution in [-0.4, -0.2) is 58.9 Å². The molecule has 1 unspecified atom stereocenters. The van der Waals surface area contributed by atoms with E-state index in [1.807, 2.05) is 48.5 Å². The first-order valence-corrected chi connectivity index (χ1v) is 11.4. The van der Waals surface area contributed by atoms with Gasteiger partial charge in [0.05, 0.1) is 0 Å². The van der Waals surface area contributed by atoms with Crippen LogP contribution in [0.25, 0.3) is 11.1 Å². The highest BCUT2D eigenvalue weighted by Gasteiger charge is 2.68. The third kappa shape index (κ3) is 3.81. The molecule has 3 aliphatic rings. The van der Waals surface area contributed by atoms with Gasteiger partial charge in [-0.25, -0.2) is 9.59 Å². The number of fused-ring (bicyclic) bond motifs is 4. The van der Waals surface area contributed by atoms with E-state index in [2.05, 4.69) is 0 Å². The summed E-state index contributed by atoms with van der Waals surface area (Å²) < 4.78 is 46.6. The van der Waals surface area contributed by atoms with Crippen LogP contribution in [0.15, 0.2) is 48.5 Å². The highest BCUT2D eigenvalue weighted by Crippen LogP contribution is 2.54. The lowest BCUT2D eigenvalue weighted by Gasteiger charge is -2.36. The zero-order valence-corrected chi connectivity index (χ0v) is 18.5. The average Bonchev–Trinajstić information content (AvgIpc) is 3.51. The molecule has 1 aliphatic heterocycles. The predicted octanol–water partition coefficient (Wildman–Crippen LogP) is 3.92. The number of amides is 2. The van der Waals surface area contributed by atoms with E-state index in [4.69, 9.17) is 4.74 Å². The minimum atomic E-state index is -5.12. The van der Waals surface area contributed by atoms with Gasteiger partial charge in [0.2, 0.25) is 6.04 Å². The smallest absolute Gasteiger partial charge is 0.417 e. The molecule has 10 heteroatoms. The topological polar surface area (TPSA) is 95.9 Å². The fourth-order valence-corrected chi connectivity index (χ4v) is 5.57. The Morgan fingerprint density at radius 2 is 1.69 bits per heavy atom. The van der Waals surface area contributed by atoms with Crippen molar-refractivity contribution < 1.29 is 37.4 Å². The molecule has 0 spiro atoms. The second kappa shape index (κ2) is 8.28. The van der Waals surface area contributed by atoms with E-state index in [9.17, 15) is 32.7 Å². The van der Waals surface area contributed by atoms with Crippen LogP contribution >= 0.6 is 0 Å². The number of hydrogen-bond donors (Lipinski definition) is 2. The number of carbonyl (C=O) groups excluding carboxylic acids is 2. The van der Waals surface area contributed by atoms with E-state index >= 15 is 0 Å². The number of ether oxygens (including phenoxy) is 1. The highest BCUT2D eigenvalue weighted by molar-refractivity contribution is 5.94. The summed E-state index contributed by atoms with van der Waals surface area (Å²) in [7, 11) is 0. The Balaban J connectivity index is 1.31. The number of nitrogens with one attached hydrogen (secondary N) is 1. The monoisotopic (exact) mass is 488 g/mol. The summed E-state index contributed by atoms with van der Waals surface area (Å²) in [6, 6.07) is 12.1. The van der Waals surface area contributed by atoms with Crippen molar-refractivity contribution in [2.75, 3.05) is 13.2 Å². The summed E-state index contributed by atoms with van der Waals surface area (Å²) in [5, 5.41) is 11.3. The van der Waals surface area contributed by atoms with Gasteiger partial charge in [-0.3, -0.25) is 4.79 Å². The number of carbonyl (C=O) groups is 3. The quantitative estimate of drug-likeness (QED) is 0.665. The molecule has 5 rings (SSSR count). The normalized spacial score (nSPS) is 23.5. The summed E-state index contributed by atoms with van der Waals surface area (Å²) in [6.07, 6.45) is -5.46. The fourth-order valence-electron chi connectivity index (χ4n) is 5.57. The van der Waals surface area contributed by atoms with Gasteiger partial charge < -0.3 is 20.1 Å². The Morgan fingerprint density at radius 1 is 1.09 bits per heavy atom. The maximum Gasteiger partial charge on any atom is 0.417 e. The number of halogens is 3. The molecular weight excluding hydrogens is 465 g/mol. The highest BCUT2D eigenvalue weighted by atomic mass is 19.4. The van der Waals surface area contributed by atoms with Gasteiger partial charge in [0, 0.05) is 12.5 Å². The minimum absolute atomic E-state index is 0.111. The van der Waals surface area contributed by atoms with Gasteiger partial charge in [0.15, 0.2) is 0 Å². The van der Waals surface area contributed by atoms with Gasteiger partial charge in [-0.2, -0.15) is 13.2 Å². The molecular formula is C25H23F3N2O5. The van der Waals surface area contributed by atoms with Gasteiger partial charge >= 0.3 is 18.2 Å². The number of likely N-dealkylation sites (tertiary alicyclic amines) is 1. The second-order valence-electron chi connectivity index (χ2n) is 9.21. The second-order valence-corrected chi connectivity index (χ2v) is 9.21. The zero-order valence-electron chi connectivity index (χ0n) is 18.5. The molecule has 35 heavy (non-hydrogen) atoms. The number of alkyl halides is 3. The van der Waals surface area contributed by atoms with Crippen LogP contribution in [0.4, 0.5) is 18.0 Å². The van der Waals surface area contributed by atoms with Crippen LogP contribution in [0.2, 0.25) is 0 Å². The molecule has 2 amide bonds. The Morgan fingerprint density at radius 3 is 2.26 bits per heavy atom. The first-order valence-electron chi connectivity index (χ1n) is 11.4. The van der Waals surface area contributed by atoms with Gasteiger partial charge in [-0.15, -0.1) is 0 Å². The van der Waals surface area contributed by atoms with E-state index in [1.54, 1.807) is 5.32 Å². The van der Waals surface area contributed by atoms with Crippen molar-refractivity contribution in [2.24, 2.45) is 5.92 Å². The number of nitrogens with zero attached hydrogens (tertiary/aromatic N) is 1. The summed E-state index contributed by atoms with van der Waals surface area (Å²) in [4.78, 5) is 37.9. The largest absolute Gasteiger partial charge is 0.479 e. The molecule has 0 radical (unpaired) electrons. The van der Waals surface area contributed by atoms with E-state index in [0.717, 1.165) is 27.2 Å². The van der Waals surface area contributed by atoms with Gasteiger partial charge in [-0.1, -0.05) is 48.5 Å².